The second-order valence-corrected chi connectivity index (χ2v) is 24.8. The molecule has 3 aromatic carbocycles. The smallest absolute Gasteiger partial charge is 0.258 e. The maximum absolute atomic E-state index is 13.5. The molecule has 0 saturated heterocycles. The van der Waals surface area contributed by atoms with Gasteiger partial charge in [0.25, 0.3) is 16.7 Å². The predicted molar refractivity (Wildman–Crippen MR) is 354 cm³/mol. The fraction of sp³-hybridized carbons (Fsp3) is 0.301. The van der Waals surface area contributed by atoms with E-state index in [0.717, 1.165) is 164 Å². The molecule has 89 heavy (non-hydrogen) atoms. The number of aliphatic hydroxyl groups is 3. The number of rotatable bonds is 10. The fourth-order valence-electron chi connectivity index (χ4n) is 13.9. The van der Waals surface area contributed by atoms with Crippen molar-refractivity contribution in [3.63, 3.8) is 0 Å². The molecule has 0 unspecified atom stereocenters. The summed E-state index contributed by atoms with van der Waals surface area (Å²) in [5, 5.41) is 40.2. The van der Waals surface area contributed by atoms with Crippen LogP contribution in [-0.2, 0) is 19.3 Å². The summed E-state index contributed by atoms with van der Waals surface area (Å²) in [6, 6.07) is 35.5. The number of pyridine rings is 9. The predicted octanol–water partition coefficient (Wildman–Crippen LogP) is 12.8. The fourth-order valence-corrected chi connectivity index (χ4v) is 14.3. The molecular weight excluding hydrogens is 1130 g/mol. The largest absolute Gasteiger partial charge is 0.391 e. The number of benzene rings is 3. The van der Waals surface area contributed by atoms with E-state index in [1.165, 1.54) is 0 Å². The first kappa shape index (κ1) is 59.2. The molecule has 0 aliphatic heterocycles. The molecule has 12 aromatic rings. The number of aliphatic hydroxyl groups excluding tert-OH is 3. The minimum atomic E-state index is -0.469. The van der Waals surface area contributed by atoms with Crippen LogP contribution in [0.4, 0.5) is 0 Å². The standard InChI is InChI=1S/C25H25N3O2S.2C24H23N3O2/c1-31-23-9-8-16(15-27-23)13-17-14-20-19(24-18(17)5-4-11-26-24)10-12-28(25(20)30)21-6-2-3-7-22(21)29;2*28-22-8-2-1-7-21(22)27-12-9-19-20(24(27)29)14-17(13-16-5-3-10-25-15-16)18-6-4-11-26-23(18)19/h4-5,8-12,14-15,21-22,29H,2-3,6-7,13H2,1H3;2*3-6,9-12,14-15,21-22,28H,1-2,7-8,13H2/t3*21-,22-/m000/s1. The molecular formula is C73H71N9O6S. The molecule has 0 amide bonds. The van der Waals surface area contributed by atoms with Crippen LogP contribution in [0.2, 0.25) is 0 Å². The zero-order chi connectivity index (χ0) is 61.0. The van der Waals surface area contributed by atoms with Gasteiger partial charge in [-0.25, -0.2) is 4.98 Å². The molecule has 450 valence electrons. The van der Waals surface area contributed by atoms with E-state index in [1.54, 1.807) is 56.4 Å². The Balaban J connectivity index is 0.000000123. The maximum atomic E-state index is 13.5. The highest BCUT2D eigenvalue weighted by atomic mass is 32.2. The van der Waals surface area contributed by atoms with E-state index < -0.39 is 18.3 Å². The van der Waals surface area contributed by atoms with E-state index in [0.29, 0.717) is 35.4 Å². The lowest BCUT2D eigenvalue weighted by molar-refractivity contribution is 0.0738. The lowest BCUT2D eigenvalue weighted by Crippen LogP contribution is -2.34. The monoisotopic (exact) mass is 1200 g/mol. The molecule has 6 atom stereocenters. The highest BCUT2D eigenvalue weighted by molar-refractivity contribution is 7.98. The first-order valence-corrected chi connectivity index (χ1v) is 32.4. The molecule has 3 aliphatic carbocycles. The van der Waals surface area contributed by atoms with Crippen LogP contribution in [0.3, 0.4) is 0 Å². The highest BCUT2D eigenvalue weighted by Gasteiger charge is 2.29. The molecule has 9 aromatic heterocycles. The van der Waals surface area contributed by atoms with Crippen molar-refractivity contribution in [3.8, 4) is 0 Å². The third-order valence-electron chi connectivity index (χ3n) is 18.4. The van der Waals surface area contributed by atoms with Gasteiger partial charge in [-0.2, -0.15) is 0 Å². The van der Waals surface area contributed by atoms with Crippen LogP contribution in [0.25, 0.3) is 65.0 Å². The van der Waals surface area contributed by atoms with Crippen molar-refractivity contribution in [2.45, 2.75) is 138 Å². The lowest BCUT2D eigenvalue weighted by Gasteiger charge is -2.29. The highest BCUT2D eigenvalue weighted by Crippen LogP contribution is 2.35. The SMILES string of the molecule is CSc1ccc(Cc2cc3c(=O)n([C@H]4CCCC[C@@H]4O)ccc3c3ncccc23)cn1.O=c1c2cc(Cc3cccnc3)c3cccnc3c2ccn1[C@H]1CCCC[C@@H]1O.O=c1c2cc(Cc3cccnc3)c3cccnc3c2ccn1[C@H]1CCCC[C@@H]1O. The van der Waals surface area contributed by atoms with E-state index >= 15 is 0 Å². The number of aromatic nitrogens is 9. The molecule has 9 heterocycles. The molecule has 0 spiro atoms. The van der Waals surface area contributed by atoms with Gasteiger partial charge in [0.15, 0.2) is 0 Å². The van der Waals surface area contributed by atoms with E-state index in [9.17, 15) is 29.7 Å². The van der Waals surface area contributed by atoms with Gasteiger partial charge >= 0.3 is 0 Å². The van der Waals surface area contributed by atoms with Crippen LogP contribution in [0.1, 0.15) is 129 Å². The van der Waals surface area contributed by atoms with Gasteiger partial charge in [0.1, 0.15) is 0 Å². The lowest BCUT2D eigenvalue weighted by atomic mass is 9.92. The Morgan fingerprint density at radius 1 is 0.393 bits per heavy atom. The van der Waals surface area contributed by atoms with Crippen molar-refractivity contribution in [1.29, 1.82) is 0 Å². The molecule has 0 radical (unpaired) electrons. The first-order valence-electron chi connectivity index (χ1n) is 31.2. The third kappa shape index (κ3) is 12.3. The summed E-state index contributed by atoms with van der Waals surface area (Å²) < 4.78 is 5.20. The number of nitrogens with zero attached hydrogens (tertiary/aromatic N) is 9. The summed E-state index contributed by atoms with van der Waals surface area (Å²) >= 11 is 1.62. The van der Waals surface area contributed by atoms with Gasteiger partial charge in [-0.3, -0.25) is 39.3 Å². The molecule has 16 heteroatoms. The van der Waals surface area contributed by atoms with Crippen LogP contribution < -0.4 is 16.7 Å². The molecule has 0 bridgehead atoms. The van der Waals surface area contributed by atoms with Crippen LogP contribution in [-0.4, -0.2) is 83.5 Å². The zero-order valence-electron chi connectivity index (χ0n) is 49.8. The van der Waals surface area contributed by atoms with Crippen molar-refractivity contribution >= 4 is 76.8 Å². The second kappa shape index (κ2) is 26.5. The van der Waals surface area contributed by atoms with Gasteiger partial charge in [0.2, 0.25) is 0 Å². The number of fused-ring (bicyclic) bond motifs is 9. The second-order valence-electron chi connectivity index (χ2n) is 24.0. The van der Waals surface area contributed by atoms with Gasteiger partial charge < -0.3 is 29.0 Å². The Bertz CT molecular complexity index is 4520. The van der Waals surface area contributed by atoms with E-state index in [-0.39, 0.29) is 34.8 Å². The van der Waals surface area contributed by atoms with Gasteiger partial charge in [-0.15, -0.1) is 11.8 Å². The molecule has 3 N–H and O–H groups in total. The molecule has 15 rings (SSSR count). The summed E-state index contributed by atoms with van der Waals surface area (Å²) in [4.78, 5) is 67.1. The van der Waals surface area contributed by atoms with Crippen LogP contribution in [0.15, 0.2) is 197 Å². The van der Waals surface area contributed by atoms with Gasteiger partial charge in [-0.1, -0.05) is 74.9 Å². The Kier molecular flexibility index (Phi) is 17.6. The number of hydrogen-bond donors (Lipinski definition) is 3. The van der Waals surface area contributed by atoms with Crippen molar-refractivity contribution in [3.05, 3.63) is 242 Å². The van der Waals surface area contributed by atoms with Crippen LogP contribution in [0, 0.1) is 0 Å². The Morgan fingerprint density at radius 2 is 0.742 bits per heavy atom. The van der Waals surface area contributed by atoms with Gasteiger partial charge in [0, 0.05) is 117 Å². The number of hydrogen-bond acceptors (Lipinski definition) is 13. The third-order valence-corrected chi connectivity index (χ3v) is 19.1. The molecule has 15 nitrogen and oxygen atoms in total. The summed E-state index contributed by atoms with van der Waals surface area (Å²) in [6.45, 7) is 0. The summed E-state index contributed by atoms with van der Waals surface area (Å²) in [6.07, 6.45) is 33.5. The summed E-state index contributed by atoms with van der Waals surface area (Å²) in [5.41, 5.74) is 8.86. The Morgan fingerprint density at radius 3 is 1.06 bits per heavy atom. The molecule has 3 saturated carbocycles. The van der Waals surface area contributed by atoms with E-state index in [4.69, 9.17) is 0 Å². The average molecular weight is 1200 g/mol. The summed E-state index contributed by atoms with van der Waals surface area (Å²) in [7, 11) is 0. The topological polar surface area (TPSA) is 204 Å². The number of thioether (sulfide) groups is 1. The normalized spacial score (nSPS) is 19.5. The van der Waals surface area contributed by atoms with E-state index in [1.807, 2.05) is 128 Å². The van der Waals surface area contributed by atoms with Gasteiger partial charge in [0.05, 0.1) is 58.0 Å². The minimum absolute atomic E-state index is 0.0477. The Labute approximate surface area is 518 Å². The van der Waals surface area contributed by atoms with Crippen molar-refractivity contribution < 1.29 is 15.3 Å². The first-order chi connectivity index (χ1) is 43.6. The minimum Gasteiger partial charge on any atom is -0.391 e. The van der Waals surface area contributed by atoms with Crippen molar-refractivity contribution in [2.24, 2.45) is 0 Å². The quantitative estimate of drug-likeness (QED) is 0.0862. The van der Waals surface area contributed by atoms with Crippen LogP contribution in [0.5, 0.6) is 0 Å². The zero-order valence-corrected chi connectivity index (χ0v) is 50.6. The molecule has 3 aliphatic rings. The van der Waals surface area contributed by atoms with Crippen molar-refractivity contribution in [1.82, 2.24) is 43.6 Å². The average Bonchev–Trinajstić information content (AvgIpc) is 1.51. The van der Waals surface area contributed by atoms with E-state index in [2.05, 4.69) is 54.2 Å². The maximum Gasteiger partial charge on any atom is 0.258 e. The van der Waals surface area contributed by atoms with Crippen molar-refractivity contribution in [2.75, 3.05) is 6.26 Å². The molecule has 3 fully saturated rings. The van der Waals surface area contributed by atoms with Crippen LogP contribution >= 0.6 is 11.8 Å². The summed E-state index contributed by atoms with van der Waals surface area (Å²) in [5.74, 6) is 0. The Hall–Kier alpha value is -8.80. The van der Waals surface area contributed by atoms with Gasteiger partial charge in [-0.05, 0) is 170 Å².